The molecule has 2 aromatic rings. The molecule has 0 aliphatic rings. The normalized spacial score (nSPS) is 10.6. The van der Waals surface area contributed by atoms with Crippen molar-refractivity contribution in [2.75, 3.05) is 5.73 Å². The number of phenolic OH excluding ortho intramolecular Hbond substituents is 2. The number of aromatic nitrogens is 2. The van der Waals surface area contributed by atoms with Crippen molar-refractivity contribution in [2.45, 2.75) is 0 Å². The van der Waals surface area contributed by atoms with Crippen LogP contribution in [0.3, 0.4) is 0 Å². The number of nitrogens with one attached hydrogen (secondary N) is 1. The van der Waals surface area contributed by atoms with Gasteiger partial charge in [-0.25, -0.2) is 4.39 Å². The highest BCUT2D eigenvalue weighted by Gasteiger charge is 2.19. The molecule has 16 heavy (non-hydrogen) atoms. The van der Waals surface area contributed by atoms with Crippen molar-refractivity contribution < 1.29 is 14.6 Å². The van der Waals surface area contributed by atoms with E-state index in [0.29, 0.717) is 5.56 Å². The second kappa shape index (κ2) is 3.67. The summed E-state index contributed by atoms with van der Waals surface area (Å²) in [7, 11) is 0. The van der Waals surface area contributed by atoms with E-state index in [9.17, 15) is 14.6 Å². The molecular formula is C9H7BrFN3O2. The molecule has 0 radical (unpaired) electrons. The van der Waals surface area contributed by atoms with Gasteiger partial charge in [0.1, 0.15) is 5.82 Å². The maximum Gasteiger partial charge on any atom is 0.195 e. The van der Waals surface area contributed by atoms with Gasteiger partial charge in [0.05, 0.1) is 10.7 Å². The number of rotatable bonds is 1. The van der Waals surface area contributed by atoms with Crippen molar-refractivity contribution >= 4 is 21.7 Å². The quantitative estimate of drug-likeness (QED) is 0.603. The molecule has 5 nitrogen and oxygen atoms in total. The van der Waals surface area contributed by atoms with Gasteiger partial charge in [-0.05, 0) is 22.0 Å². The third kappa shape index (κ3) is 1.49. The number of nitrogens with zero attached hydrogens (tertiary/aromatic N) is 1. The molecule has 84 valence electrons. The Labute approximate surface area is 97.8 Å². The predicted molar refractivity (Wildman–Crippen MR) is 59.4 cm³/mol. The minimum atomic E-state index is -0.927. The first-order chi connectivity index (χ1) is 7.52. The van der Waals surface area contributed by atoms with Crippen LogP contribution in [0.25, 0.3) is 11.1 Å². The van der Waals surface area contributed by atoms with Crippen LogP contribution in [-0.4, -0.2) is 20.4 Å². The first-order valence-corrected chi connectivity index (χ1v) is 5.00. The average Bonchev–Trinajstić information content (AvgIpc) is 2.67. The molecule has 1 heterocycles. The Morgan fingerprint density at radius 3 is 2.56 bits per heavy atom. The summed E-state index contributed by atoms with van der Waals surface area (Å²) in [6.45, 7) is 0. The average molecular weight is 288 g/mol. The summed E-state index contributed by atoms with van der Waals surface area (Å²) in [6.07, 6.45) is 1.37. The number of nitrogen functional groups attached to an aromatic ring is 1. The van der Waals surface area contributed by atoms with Crippen LogP contribution in [-0.2, 0) is 0 Å². The monoisotopic (exact) mass is 287 g/mol. The summed E-state index contributed by atoms with van der Waals surface area (Å²) in [5, 5.41) is 25.1. The van der Waals surface area contributed by atoms with E-state index in [1.807, 2.05) is 0 Å². The molecule has 0 aliphatic carbocycles. The van der Waals surface area contributed by atoms with Gasteiger partial charge in [0.15, 0.2) is 17.3 Å². The topological polar surface area (TPSA) is 95.2 Å². The Kier molecular flexibility index (Phi) is 2.47. The molecule has 7 heteroatoms. The predicted octanol–water partition coefficient (Wildman–Crippen LogP) is 1.97. The zero-order valence-electron chi connectivity index (χ0n) is 7.83. The third-order valence-corrected chi connectivity index (χ3v) is 2.70. The summed E-state index contributed by atoms with van der Waals surface area (Å²) in [5.41, 5.74) is 6.13. The van der Waals surface area contributed by atoms with Gasteiger partial charge in [0, 0.05) is 11.1 Å². The largest absolute Gasteiger partial charge is 0.504 e. The molecule has 0 amide bonds. The van der Waals surface area contributed by atoms with Crippen LogP contribution in [0.1, 0.15) is 0 Å². The van der Waals surface area contributed by atoms with Crippen LogP contribution >= 0.6 is 15.9 Å². The van der Waals surface area contributed by atoms with E-state index < -0.39 is 17.3 Å². The Hall–Kier alpha value is -1.76. The molecule has 0 spiro atoms. The summed E-state index contributed by atoms with van der Waals surface area (Å²) < 4.78 is 13.2. The number of H-pyrrole nitrogens is 1. The lowest BCUT2D eigenvalue weighted by atomic mass is 10.1. The Morgan fingerprint density at radius 1 is 1.31 bits per heavy atom. The molecule has 0 atom stereocenters. The second-order valence-corrected chi connectivity index (χ2v) is 3.97. The molecular weight excluding hydrogens is 281 g/mol. The number of nitrogens with two attached hydrogens (primary N) is 1. The Balaban J connectivity index is 2.72. The molecule has 0 fully saturated rings. The van der Waals surface area contributed by atoms with E-state index in [4.69, 9.17) is 5.73 Å². The molecule has 0 unspecified atom stereocenters. The molecule has 1 aromatic carbocycles. The second-order valence-electron chi connectivity index (χ2n) is 3.11. The maximum absolute atomic E-state index is 13.2. The van der Waals surface area contributed by atoms with Gasteiger partial charge in [-0.3, -0.25) is 5.10 Å². The fourth-order valence-electron chi connectivity index (χ4n) is 1.32. The highest BCUT2D eigenvalue weighted by molar-refractivity contribution is 9.10. The third-order valence-electron chi connectivity index (χ3n) is 2.13. The van der Waals surface area contributed by atoms with E-state index in [-0.39, 0.29) is 15.9 Å². The van der Waals surface area contributed by atoms with E-state index in [1.54, 1.807) is 0 Å². The lowest BCUT2D eigenvalue weighted by Gasteiger charge is -2.07. The van der Waals surface area contributed by atoms with Gasteiger partial charge in [0.25, 0.3) is 0 Å². The minimum absolute atomic E-state index is 0.0263. The van der Waals surface area contributed by atoms with Crippen molar-refractivity contribution in [1.29, 1.82) is 0 Å². The fourth-order valence-corrected chi connectivity index (χ4v) is 1.74. The van der Waals surface area contributed by atoms with Gasteiger partial charge in [-0.1, -0.05) is 0 Å². The number of hydrogen-bond acceptors (Lipinski definition) is 4. The Morgan fingerprint density at radius 2 is 2.00 bits per heavy atom. The molecule has 5 N–H and O–H groups in total. The molecule has 0 bridgehead atoms. The number of halogens is 2. The highest BCUT2D eigenvalue weighted by Crippen LogP contribution is 2.42. The van der Waals surface area contributed by atoms with Crippen molar-refractivity contribution in [3.63, 3.8) is 0 Å². The minimum Gasteiger partial charge on any atom is -0.504 e. The maximum atomic E-state index is 13.2. The summed E-state index contributed by atoms with van der Waals surface area (Å²) in [4.78, 5) is 0. The van der Waals surface area contributed by atoms with Crippen LogP contribution in [0, 0.1) is 5.82 Å². The number of aromatic hydroxyl groups is 2. The van der Waals surface area contributed by atoms with Gasteiger partial charge in [0.2, 0.25) is 0 Å². The smallest absolute Gasteiger partial charge is 0.195 e. The zero-order valence-corrected chi connectivity index (χ0v) is 9.42. The first kappa shape index (κ1) is 10.7. The number of aromatic amines is 1. The number of benzene rings is 1. The van der Waals surface area contributed by atoms with E-state index in [0.717, 1.165) is 0 Å². The fraction of sp³-hybridized carbons (Fsp3) is 0. The molecule has 0 saturated heterocycles. The standard InChI is InChI=1S/C9H7BrFN3O2/c10-5-1-3(4-2-13-14-9(4)12)7(15)8(16)6(5)11/h1-2,15-16H,(H3,12,13,14). The molecule has 0 saturated carbocycles. The lowest BCUT2D eigenvalue weighted by molar-refractivity contribution is 0.379. The van der Waals surface area contributed by atoms with Crippen LogP contribution in [0.5, 0.6) is 11.5 Å². The number of hydrogen-bond donors (Lipinski definition) is 4. The van der Waals surface area contributed by atoms with Gasteiger partial charge in [-0.2, -0.15) is 5.10 Å². The lowest BCUT2D eigenvalue weighted by Crippen LogP contribution is -1.90. The van der Waals surface area contributed by atoms with E-state index in [2.05, 4.69) is 26.1 Å². The first-order valence-electron chi connectivity index (χ1n) is 4.21. The van der Waals surface area contributed by atoms with E-state index >= 15 is 0 Å². The van der Waals surface area contributed by atoms with Crippen LogP contribution in [0.2, 0.25) is 0 Å². The van der Waals surface area contributed by atoms with Gasteiger partial charge < -0.3 is 15.9 Å². The van der Waals surface area contributed by atoms with Crippen LogP contribution in [0.4, 0.5) is 10.2 Å². The Bertz CT molecular complexity index is 556. The number of phenols is 2. The van der Waals surface area contributed by atoms with Crippen molar-refractivity contribution in [1.82, 2.24) is 10.2 Å². The van der Waals surface area contributed by atoms with Crippen molar-refractivity contribution in [2.24, 2.45) is 0 Å². The highest BCUT2D eigenvalue weighted by atomic mass is 79.9. The van der Waals surface area contributed by atoms with Crippen molar-refractivity contribution in [3.8, 4) is 22.6 Å². The van der Waals surface area contributed by atoms with Gasteiger partial charge >= 0.3 is 0 Å². The van der Waals surface area contributed by atoms with Crippen molar-refractivity contribution in [3.05, 3.63) is 22.6 Å². The zero-order chi connectivity index (χ0) is 11.9. The van der Waals surface area contributed by atoms with Crippen LogP contribution < -0.4 is 5.73 Å². The summed E-state index contributed by atoms with van der Waals surface area (Å²) in [6, 6.07) is 1.31. The van der Waals surface area contributed by atoms with Crippen LogP contribution in [0.15, 0.2) is 16.7 Å². The SMILES string of the molecule is Nc1[nH]ncc1-c1cc(Br)c(F)c(O)c1O. The summed E-state index contributed by atoms with van der Waals surface area (Å²) in [5.74, 6) is -2.12. The molecule has 0 aliphatic heterocycles. The van der Waals surface area contributed by atoms with Gasteiger partial charge in [-0.15, -0.1) is 0 Å². The number of anilines is 1. The molecule has 1 aromatic heterocycles. The molecule has 2 rings (SSSR count). The summed E-state index contributed by atoms with van der Waals surface area (Å²) >= 11 is 2.92. The van der Waals surface area contributed by atoms with E-state index in [1.165, 1.54) is 12.3 Å².